The van der Waals surface area contributed by atoms with Crippen LogP contribution in [0.4, 0.5) is 0 Å². The van der Waals surface area contributed by atoms with Gasteiger partial charge in [-0.2, -0.15) is 0 Å². The van der Waals surface area contributed by atoms with E-state index >= 15 is 0 Å². The van der Waals surface area contributed by atoms with Crippen molar-refractivity contribution in [2.24, 2.45) is 0 Å². The van der Waals surface area contributed by atoms with Crippen molar-refractivity contribution in [3.8, 4) is 11.1 Å². The number of aryl methyl sites for hydroxylation is 2. The second-order valence-corrected chi connectivity index (χ2v) is 5.85. The molecule has 1 heteroatoms. The second kappa shape index (κ2) is 5.58. The van der Waals surface area contributed by atoms with Crippen LogP contribution in [-0.4, -0.2) is 0 Å². The summed E-state index contributed by atoms with van der Waals surface area (Å²) in [5, 5.41) is 2.24. The van der Waals surface area contributed by atoms with Crippen LogP contribution in [0.5, 0.6) is 0 Å². The highest BCUT2D eigenvalue weighted by Gasteiger charge is 2.11. The Kier molecular flexibility index (Phi) is 4.06. The van der Waals surface area contributed by atoms with Gasteiger partial charge in [-0.05, 0) is 55.3 Å². The molecule has 1 aromatic carbocycles. The van der Waals surface area contributed by atoms with E-state index in [9.17, 15) is 0 Å². The Labute approximate surface area is 120 Å². The fraction of sp³-hybridized carbons (Fsp3) is 0.222. The average Bonchev–Trinajstić information content (AvgIpc) is 2.77. The smallest absolute Gasteiger partial charge is 0.0372 e. The number of hydrogen-bond donors (Lipinski definition) is 0. The van der Waals surface area contributed by atoms with Crippen LogP contribution in [0.1, 0.15) is 35.4 Å². The van der Waals surface area contributed by atoms with Gasteiger partial charge in [0.15, 0.2) is 0 Å². The zero-order chi connectivity index (χ0) is 14.0. The Hall–Kier alpha value is -1.60. The Balaban J connectivity index is 2.61. The standard InChI is InChI=1S/C18H20S/c1-6-7-16-17(11-19-18(16)12(2)3)15-9-8-13(4)14(5)10-15/h6-11H,2H2,1,3-5H3/b7-6-. The summed E-state index contributed by atoms with van der Waals surface area (Å²) < 4.78 is 0. The van der Waals surface area contributed by atoms with Crippen molar-refractivity contribution in [3.05, 3.63) is 57.8 Å². The third-order valence-electron chi connectivity index (χ3n) is 3.37. The van der Waals surface area contributed by atoms with Crippen molar-refractivity contribution in [1.29, 1.82) is 0 Å². The van der Waals surface area contributed by atoms with E-state index in [0.29, 0.717) is 0 Å². The molecule has 0 bridgehead atoms. The molecule has 0 aliphatic rings. The zero-order valence-electron chi connectivity index (χ0n) is 12.1. The normalized spacial score (nSPS) is 11.2. The van der Waals surface area contributed by atoms with Crippen molar-refractivity contribution in [2.45, 2.75) is 27.7 Å². The molecule has 0 aliphatic carbocycles. The predicted molar refractivity (Wildman–Crippen MR) is 88.6 cm³/mol. The summed E-state index contributed by atoms with van der Waals surface area (Å²) in [6.07, 6.45) is 4.28. The van der Waals surface area contributed by atoms with Gasteiger partial charge in [0.05, 0.1) is 0 Å². The first-order chi connectivity index (χ1) is 9.04. The van der Waals surface area contributed by atoms with Crippen molar-refractivity contribution >= 4 is 23.0 Å². The Bertz CT molecular complexity index is 642. The third-order valence-corrected chi connectivity index (χ3v) is 4.53. The van der Waals surface area contributed by atoms with Crippen LogP contribution in [0.25, 0.3) is 22.8 Å². The van der Waals surface area contributed by atoms with Crippen LogP contribution < -0.4 is 0 Å². The molecule has 19 heavy (non-hydrogen) atoms. The lowest BCUT2D eigenvalue weighted by Crippen LogP contribution is -1.85. The van der Waals surface area contributed by atoms with E-state index in [1.807, 2.05) is 0 Å². The lowest BCUT2D eigenvalue weighted by atomic mass is 9.97. The van der Waals surface area contributed by atoms with Gasteiger partial charge in [-0.3, -0.25) is 0 Å². The van der Waals surface area contributed by atoms with Crippen LogP contribution in [-0.2, 0) is 0 Å². The highest BCUT2D eigenvalue weighted by atomic mass is 32.1. The molecule has 0 N–H and O–H groups in total. The minimum Gasteiger partial charge on any atom is -0.143 e. The Morgan fingerprint density at radius 3 is 2.53 bits per heavy atom. The quantitative estimate of drug-likeness (QED) is 0.631. The number of rotatable bonds is 3. The van der Waals surface area contributed by atoms with Gasteiger partial charge in [0.25, 0.3) is 0 Å². The molecule has 0 spiro atoms. The number of thiophene rings is 1. The van der Waals surface area contributed by atoms with Crippen LogP contribution in [0.15, 0.2) is 36.2 Å². The van der Waals surface area contributed by atoms with E-state index in [1.165, 1.54) is 32.7 Å². The van der Waals surface area contributed by atoms with Crippen molar-refractivity contribution in [2.75, 3.05) is 0 Å². The maximum absolute atomic E-state index is 4.08. The van der Waals surface area contributed by atoms with Gasteiger partial charge in [-0.1, -0.05) is 36.9 Å². The highest BCUT2D eigenvalue weighted by Crippen LogP contribution is 2.36. The second-order valence-electron chi connectivity index (χ2n) is 4.97. The molecule has 0 radical (unpaired) electrons. The Morgan fingerprint density at radius 2 is 1.95 bits per heavy atom. The van der Waals surface area contributed by atoms with Gasteiger partial charge >= 0.3 is 0 Å². The molecule has 2 aromatic rings. The third kappa shape index (κ3) is 2.71. The fourth-order valence-corrected chi connectivity index (χ4v) is 3.17. The minimum absolute atomic E-state index is 1.13. The summed E-state index contributed by atoms with van der Waals surface area (Å²) in [5.41, 5.74) is 7.71. The molecule has 1 aromatic heterocycles. The van der Waals surface area contributed by atoms with E-state index in [-0.39, 0.29) is 0 Å². The van der Waals surface area contributed by atoms with Crippen LogP contribution in [0.2, 0.25) is 0 Å². The highest BCUT2D eigenvalue weighted by molar-refractivity contribution is 7.11. The van der Waals surface area contributed by atoms with E-state index in [2.05, 4.69) is 70.0 Å². The molecule has 1 heterocycles. The summed E-state index contributed by atoms with van der Waals surface area (Å²) in [5.74, 6) is 0. The molecular weight excluding hydrogens is 248 g/mol. The molecule has 0 nitrogen and oxygen atoms in total. The van der Waals surface area contributed by atoms with Gasteiger partial charge in [0.2, 0.25) is 0 Å². The molecule has 0 saturated carbocycles. The zero-order valence-corrected chi connectivity index (χ0v) is 12.9. The molecular formula is C18H20S. The summed E-state index contributed by atoms with van der Waals surface area (Å²) in [6, 6.07) is 6.67. The average molecular weight is 268 g/mol. The molecule has 0 atom stereocenters. The van der Waals surface area contributed by atoms with Gasteiger partial charge < -0.3 is 0 Å². The van der Waals surface area contributed by atoms with Crippen molar-refractivity contribution in [1.82, 2.24) is 0 Å². The Morgan fingerprint density at radius 1 is 1.21 bits per heavy atom. The first kappa shape index (κ1) is 13.8. The summed E-state index contributed by atoms with van der Waals surface area (Å²) in [6.45, 7) is 12.5. The topological polar surface area (TPSA) is 0 Å². The molecule has 0 fully saturated rings. The van der Waals surface area contributed by atoms with Gasteiger partial charge in [-0.25, -0.2) is 0 Å². The summed E-state index contributed by atoms with van der Waals surface area (Å²) in [7, 11) is 0. The van der Waals surface area contributed by atoms with E-state index in [0.717, 1.165) is 5.57 Å². The molecule has 0 saturated heterocycles. The van der Waals surface area contributed by atoms with Crippen LogP contribution in [0, 0.1) is 13.8 Å². The molecule has 0 aliphatic heterocycles. The van der Waals surface area contributed by atoms with E-state index < -0.39 is 0 Å². The van der Waals surface area contributed by atoms with Crippen LogP contribution in [0.3, 0.4) is 0 Å². The predicted octanol–water partition coefficient (Wildman–Crippen LogP) is 6.10. The first-order valence-electron chi connectivity index (χ1n) is 6.52. The van der Waals surface area contributed by atoms with Gasteiger partial charge in [0, 0.05) is 16.0 Å². The van der Waals surface area contributed by atoms with E-state index in [1.54, 1.807) is 11.3 Å². The largest absolute Gasteiger partial charge is 0.143 e. The number of benzene rings is 1. The fourth-order valence-electron chi connectivity index (χ4n) is 2.16. The SMILES string of the molecule is C=C(C)c1scc(-c2ccc(C)c(C)c2)c1/C=C\C. The summed E-state index contributed by atoms with van der Waals surface area (Å²) in [4.78, 5) is 1.28. The number of allylic oxidation sites excluding steroid dienone is 2. The van der Waals surface area contributed by atoms with Crippen molar-refractivity contribution in [3.63, 3.8) is 0 Å². The molecule has 0 amide bonds. The number of hydrogen-bond acceptors (Lipinski definition) is 1. The monoisotopic (exact) mass is 268 g/mol. The lowest BCUT2D eigenvalue weighted by molar-refractivity contribution is 1.34. The van der Waals surface area contributed by atoms with Crippen molar-refractivity contribution < 1.29 is 0 Å². The first-order valence-corrected chi connectivity index (χ1v) is 7.40. The minimum atomic E-state index is 1.13. The molecule has 98 valence electrons. The maximum atomic E-state index is 4.08. The molecule has 2 rings (SSSR count). The lowest BCUT2D eigenvalue weighted by Gasteiger charge is -2.06. The van der Waals surface area contributed by atoms with Crippen LogP contribution >= 0.6 is 11.3 Å². The molecule has 0 unspecified atom stereocenters. The maximum Gasteiger partial charge on any atom is 0.0372 e. The van der Waals surface area contributed by atoms with E-state index in [4.69, 9.17) is 0 Å². The van der Waals surface area contributed by atoms with Gasteiger partial charge in [-0.15, -0.1) is 11.3 Å². The summed E-state index contributed by atoms with van der Waals surface area (Å²) >= 11 is 1.78. The van der Waals surface area contributed by atoms with Gasteiger partial charge in [0.1, 0.15) is 0 Å².